The van der Waals surface area contributed by atoms with Gasteiger partial charge in [0.25, 0.3) is 5.91 Å². The molecule has 0 aliphatic carbocycles. The molecule has 0 aliphatic rings. The molecule has 11 nitrogen and oxygen atoms in total. The second kappa shape index (κ2) is 10.9. The quantitative estimate of drug-likeness (QED) is 0.318. The molecule has 1 aromatic carbocycles. The van der Waals surface area contributed by atoms with Crippen molar-refractivity contribution in [1.82, 2.24) is 25.1 Å². The van der Waals surface area contributed by atoms with Crippen LogP contribution in [0.2, 0.25) is 5.02 Å². The molecule has 0 aliphatic heterocycles. The number of rotatable bonds is 9. The van der Waals surface area contributed by atoms with E-state index < -0.39 is 18.1 Å². The molecule has 0 unspecified atom stereocenters. The van der Waals surface area contributed by atoms with Crippen molar-refractivity contribution in [3.63, 3.8) is 0 Å². The Morgan fingerprint density at radius 2 is 2.14 bits per heavy atom. The van der Waals surface area contributed by atoms with Gasteiger partial charge in [-0.25, -0.2) is 9.97 Å². The highest BCUT2D eigenvalue weighted by Gasteiger charge is 2.26. The topological polar surface area (TPSA) is 159 Å². The molecule has 12 heteroatoms. The first-order valence-electron chi connectivity index (χ1n) is 10.5. The number of nitriles is 1. The number of carbonyl (C=O) groups excluding carboxylic acids is 1. The Morgan fingerprint density at radius 1 is 1.29 bits per heavy atom. The van der Waals surface area contributed by atoms with Crippen LogP contribution < -0.4 is 10.1 Å². The number of benzene rings is 1. The van der Waals surface area contributed by atoms with Gasteiger partial charge in [-0.2, -0.15) is 15.3 Å². The molecule has 0 saturated heterocycles. The van der Waals surface area contributed by atoms with Crippen LogP contribution in [0.1, 0.15) is 12.5 Å². The molecular formula is C23H20ClN7O4. The van der Waals surface area contributed by atoms with Gasteiger partial charge >= 0.3 is 0 Å². The highest BCUT2D eigenvalue weighted by Crippen LogP contribution is 2.32. The number of aromatic nitrogens is 5. The van der Waals surface area contributed by atoms with Crippen LogP contribution in [0.25, 0.3) is 22.4 Å². The van der Waals surface area contributed by atoms with Crippen LogP contribution >= 0.6 is 11.6 Å². The first-order valence-corrected chi connectivity index (χ1v) is 10.9. The van der Waals surface area contributed by atoms with E-state index in [0.717, 1.165) is 0 Å². The minimum atomic E-state index is -1.17. The Kier molecular flexibility index (Phi) is 7.47. The second-order valence-corrected chi connectivity index (χ2v) is 7.80. The normalized spacial score (nSPS) is 12.6. The highest BCUT2D eigenvalue weighted by atomic mass is 35.5. The molecule has 178 valence electrons. The lowest BCUT2D eigenvalue weighted by molar-refractivity contribution is -0.127. The van der Waals surface area contributed by atoms with Crippen LogP contribution in [0.4, 0.5) is 5.82 Å². The van der Waals surface area contributed by atoms with E-state index in [4.69, 9.17) is 21.1 Å². The number of H-pyrrole nitrogens is 1. The first-order chi connectivity index (χ1) is 17.0. The zero-order valence-electron chi connectivity index (χ0n) is 18.5. The predicted octanol–water partition coefficient (Wildman–Crippen LogP) is 2.72. The SMILES string of the molecule is C[C@H](CO)OC[C@H](Oc1nc(-c2c(Cl)cccc2C#N)nc2[nH]ncc12)C(=O)Nc1ccccn1. The van der Waals surface area contributed by atoms with Crippen molar-refractivity contribution >= 4 is 34.4 Å². The average molecular weight is 494 g/mol. The average Bonchev–Trinajstić information content (AvgIpc) is 3.35. The van der Waals surface area contributed by atoms with E-state index in [0.29, 0.717) is 22.4 Å². The molecule has 35 heavy (non-hydrogen) atoms. The number of halogens is 1. The van der Waals surface area contributed by atoms with Gasteiger partial charge in [0.1, 0.15) is 11.2 Å². The molecule has 4 rings (SSSR count). The Balaban J connectivity index is 1.72. The molecule has 3 N–H and O–H groups in total. The third-order valence-corrected chi connectivity index (χ3v) is 5.20. The van der Waals surface area contributed by atoms with Crippen molar-refractivity contribution in [2.75, 3.05) is 18.5 Å². The van der Waals surface area contributed by atoms with Gasteiger partial charge in [0.2, 0.25) is 12.0 Å². The Morgan fingerprint density at radius 3 is 2.89 bits per heavy atom. The van der Waals surface area contributed by atoms with E-state index in [1.165, 1.54) is 12.4 Å². The largest absolute Gasteiger partial charge is 0.461 e. The molecule has 3 heterocycles. The number of carbonyl (C=O) groups is 1. The van der Waals surface area contributed by atoms with E-state index in [1.807, 2.05) is 0 Å². The Labute approximate surface area is 204 Å². The van der Waals surface area contributed by atoms with Gasteiger partial charge in [0, 0.05) is 6.20 Å². The molecule has 0 fully saturated rings. The van der Waals surface area contributed by atoms with Crippen LogP contribution in [-0.2, 0) is 9.53 Å². The number of hydrogen-bond acceptors (Lipinski definition) is 9. The van der Waals surface area contributed by atoms with Crippen molar-refractivity contribution in [3.8, 4) is 23.3 Å². The first kappa shape index (κ1) is 24.0. The van der Waals surface area contributed by atoms with Gasteiger partial charge in [-0.3, -0.25) is 9.89 Å². The molecule has 3 aromatic heterocycles. The zero-order valence-corrected chi connectivity index (χ0v) is 19.2. The molecule has 0 bridgehead atoms. The number of anilines is 1. The summed E-state index contributed by atoms with van der Waals surface area (Å²) in [7, 11) is 0. The van der Waals surface area contributed by atoms with Gasteiger partial charge in [-0.15, -0.1) is 0 Å². The number of amides is 1. The lowest BCUT2D eigenvalue weighted by atomic mass is 10.1. The smallest absolute Gasteiger partial charge is 0.269 e. The molecule has 0 radical (unpaired) electrons. The van der Waals surface area contributed by atoms with Gasteiger partial charge < -0.3 is 19.9 Å². The van der Waals surface area contributed by atoms with Gasteiger partial charge in [0.15, 0.2) is 11.5 Å². The maximum absolute atomic E-state index is 13.1. The summed E-state index contributed by atoms with van der Waals surface area (Å²) in [5, 5.41) is 28.9. The number of hydrogen-bond donors (Lipinski definition) is 3. The summed E-state index contributed by atoms with van der Waals surface area (Å²) < 4.78 is 11.6. The fourth-order valence-corrected chi connectivity index (χ4v) is 3.36. The number of ether oxygens (including phenoxy) is 2. The van der Waals surface area contributed by atoms with Crippen molar-refractivity contribution in [2.24, 2.45) is 0 Å². The predicted molar refractivity (Wildman–Crippen MR) is 127 cm³/mol. The summed E-state index contributed by atoms with van der Waals surface area (Å²) in [6.07, 6.45) is 1.29. The number of fused-ring (bicyclic) bond motifs is 1. The van der Waals surface area contributed by atoms with Crippen molar-refractivity contribution in [3.05, 3.63) is 59.4 Å². The van der Waals surface area contributed by atoms with Gasteiger partial charge in [-0.1, -0.05) is 23.7 Å². The lowest BCUT2D eigenvalue weighted by Crippen LogP contribution is -2.38. The highest BCUT2D eigenvalue weighted by molar-refractivity contribution is 6.33. The number of aliphatic hydroxyl groups is 1. The molecule has 1 amide bonds. The molecule has 4 aromatic rings. The fourth-order valence-electron chi connectivity index (χ4n) is 3.10. The summed E-state index contributed by atoms with van der Waals surface area (Å²) in [5.41, 5.74) is 0.909. The van der Waals surface area contributed by atoms with Crippen LogP contribution in [0, 0.1) is 11.3 Å². The lowest BCUT2D eigenvalue weighted by Gasteiger charge is -2.20. The summed E-state index contributed by atoms with van der Waals surface area (Å²) in [4.78, 5) is 26.0. The maximum Gasteiger partial charge on any atom is 0.269 e. The number of nitrogens with zero attached hydrogens (tertiary/aromatic N) is 5. The van der Waals surface area contributed by atoms with Gasteiger partial charge in [0.05, 0.1) is 47.7 Å². The zero-order chi connectivity index (χ0) is 24.8. The number of aromatic amines is 1. The maximum atomic E-state index is 13.1. The van der Waals surface area contributed by atoms with E-state index in [9.17, 15) is 15.2 Å². The van der Waals surface area contributed by atoms with Crippen LogP contribution in [-0.4, -0.2) is 61.6 Å². The van der Waals surface area contributed by atoms with Crippen LogP contribution in [0.15, 0.2) is 48.8 Å². The second-order valence-electron chi connectivity index (χ2n) is 7.40. The van der Waals surface area contributed by atoms with Crippen molar-refractivity contribution < 1.29 is 19.4 Å². The number of nitrogens with one attached hydrogen (secondary N) is 2. The van der Waals surface area contributed by atoms with Gasteiger partial charge in [-0.05, 0) is 31.2 Å². The van der Waals surface area contributed by atoms with E-state index >= 15 is 0 Å². The summed E-state index contributed by atoms with van der Waals surface area (Å²) >= 11 is 6.35. The molecule has 0 spiro atoms. The van der Waals surface area contributed by atoms with Crippen LogP contribution in [0.3, 0.4) is 0 Å². The third-order valence-electron chi connectivity index (χ3n) is 4.88. The molecular weight excluding hydrogens is 474 g/mol. The van der Waals surface area contributed by atoms with Crippen molar-refractivity contribution in [2.45, 2.75) is 19.1 Å². The van der Waals surface area contributed by atoms with E-state index in [2.05, 4.69) is 36.5 Å². The van der Waals surface area contributed by atoms with Crippen molar-refractivity contribution in [1.29, 1.82) is 5.26 Å². The van der Waals surface area contributed by atoms with Crippen LogP contribution in [0.5, 0.6) is 5.88 Å². The number of pyridine rings is 1. The van der Waals surface area contributed by atoms with E-state index in [1.54, 1.807) is 43.3 Å². The minimum absolute atomic E-state index is 0.0315. The summed E-state index contributed by atoms with van der Waals surface area (Å²) in [6, 6.07) is 12.0. The van der Waals surface area contributed by atoms with E-state index in [-0.39, 0.29) is 35.5 Å². The number of aliphatic hydroxyl groups excluding tert-OH is 1. The summed E-state index contributed by atoms with van der Waals surface area (Å²) in [6.45, 7) is 1.24. The Bertz CT molecular complexity index is 1370. The minimum Gasteiger partial charge on any atom is -0.461 e. The molecule has 2 atom stereocenters. The standard InChI is InChI=1S/C23H20ClN7O4/c1-13(11-32)34-12-17(22(33)28-18-7-2-3-8-26-18)35-23-15-10-27-31-20(15)29-21(30-23)19-14(9-25)5-4-6-16(19)24/h2-8,10,13,17,32H,11-12H2,1H3,(H,26,28,33)(H,27,29,30,31)/t13-,17+/m1/s1. The Hall–Kier alpha value is -4.11. The summed E-state index contributed by atoms with van der Waals surface area (Å²) in [5.74, 6) is -0.0645. The molecule has 0 saturated carbocycles. The monoisotopic (exact) mass is 493 g/mol. The fraction of sp³-hybridized carbons (Fsp3) is 0.217. The third kappa shape index (κ3) is 5.52.